The van der Waals surface area contributed by atoms with Gasteiger partial charge in [-0.3, -0.25) is 10.1 Å². The molecule has 0 N–H and O–H groups in total. The summed E-state index contributed by atoms with van der Waals surface area (Å²) >= 11 is 0. The van der Waals surface area contributed by atoms with Crippen molar-refractivity contribution in [2.45, 2.75) is 0 Å². The number of hydrogen-bond donors (Lipinski definition) is 0. The molecule has 0 unspecified atom stereocenters. The van der Waals surface area contributed by atoms with E-state index in [0.29, 0.717) is 37.8 Å². The van der Waals surface area contributed by atoms with Crippen molar-refractivity contribution in [1.82, 2.24) is 15.0 Å². The van der Waals surface area contributed by atoms with E-state index in [2.05, 4.69) is 36.9 Å². The van der Waals surface area contributed by atoms with Crippen LogP contribution in [0.3, 0.4) is 0 Å². The molecule has 2 aliphatic rings. The minimum atomic E-state index is -0.334. The van der Waals surface area contributed by atoms with E-state index in [4.69, 9.17) is 0 Å². The number of benzene rings is 1. The molecule has 170 valence electrons. The minimum Gasteiger partial charge on any atom is -0.368 e. The molecule has 3 aromatic rings. The van der Waals surface area contributed by atoms with Crippen LogP contribution in [-0.4, -0.2) is 72.2 Å². The lowest BCUT2D eigenvalue weighted by Gasteiger charge is -2.37. The Kier molecular flexibility index (Phi) is 5.88. The Bertz CT molecular complexity index is 1000. The molecule has 2 aliphatic heterocycles. The predicted molar refractivity (Wildman–Crippen MR) is 128 cm³/mol. The molecule has 10 heteroatoms. The Morgan fingerprint density at radius 2 is 1.21 bits per heavy atom. The Hall–Kier alpha value is -3.95. The van der Waals surface area contributed by atoms with E-state index in [9.17, 15) is 10.1 Å². The van der Waals surface area contributed by atoms with E-state index < -0.39 is 0 Å². The number of piperazine rings is 2. The second-order valence-corrected chi connectivity index (χ2v) is 8.10. The van der Waals surface area contributed by atoms with Crippen LogP contribution < -0.4 is 19.6 Å². The van der Waals surface area contributed by atoms with E-state index >= 15 is 0 Å². The molecule has 10 nitrogen and oxygen atoms in total. The highest BCUT2D eigenvalue weighted by Gasteiger charge is 2.33. The van der Waals surface area contributed by atoms with Crippen LogP contribution in [0.2, 0.25) is 0 Å². The summed E-state index contributed by atoms with van der Waals surface area (Å²) in [6.45, 7) is 5.61. The summed E-state index contributed by atoms with van der Waals surface area (Å²) < 4.78 is 0. The molecule has 1 aromatic carbocycles. The summed E-state index contributed by atoms with van der Waals surface area (Å²) in [5.41, 5.74) is 1.16. The second-order valence-electron chi connectivity index (χ2n) is 8.10. The smallest absolute Gasteiger partial charge is 0.353 e. The molecule has 4 heterocycles. The molecule has 0 aliphatic carbocycles. The average Bonchev–Trinajstić information content (AvgIpc) is 2.89. The Morgan fingerprint density at radius 1 is 0.667 bits per heavy atom. The molecular formula is C23H26N8O2. The lowest BCUT2D eigenvalue weighted by Crippen LogP contribution is -2.48. The van der Waals surface area contributed by atoms with Crippen molar-refractivity contribution < 1.29 is 4.92 Å². The maximum Gasteiger partial charge on any atom is 0.353 e. The van der Waals surface area contributed by atoms with Gasteiger partial charge in [0.15, 0.2) is 0 Å². The van der Waals surface area contributed by atoms with Gasteiger partial charge in [-0.05, 0) is 24.3 Å². The van der Waals surface area contributed by atoms with Crippen molar-refractivity contribution in [1.29, 1.82) is 0 Å². The fraction of sp³-hybridized carbons (Fsp3) is 0.348. The van der Waals surface area contributed by atoms with E-state index in [-0.39, 0.29) is 10.6 Å². The number of nitrogens with zero attached hydrogens (tertiary/aromatic N) is 8. The van der Waals surface area contributed by atoms with Crippen molar-refractivity contribution in [2.24, 2.45) is 0 Å². The first kappa shape index (κ1) is 20.9. The Labute approximate surface area is 192 Å². The zero-order valence-corrected chi connectivity index (χ0v) is 18.3. The maximum absolute atomic E-state index is 12.1. The van der Waals surface area contributed by atoms with Gasteiger partial charge in [0.25, 0.3) is 0 Å². The summed E-state index contributed by atoms with van der Waals surface area (Å²) in [6.07, 6.45) is 3.23. The molecule has 0 atom stereocenters. The van der Waals surface area contributed by atoms with E-state index in [1.165, 1.54) is 12.0 Å². The highest BCUT2D eigenvalue weighted by Crippen LogP contribution is 2.35. The first-order valence-electron chi connectivity index (χ1n) is 11.2. The molecule has 0 bridgehead atoms. The average molecular weight is 447 g/mol. The third kappa shape index (κ3) is 4.36. The lowest BCUT2D eigenvalue weighted by atomic mass is 10.2. The fourth-order valence-corrected chi connectivity index (χ4v) is 4.49. The molecular weight excluding hydrogens is 420 g/mol. The molecule has 0 radical (unpaired) electrons. The SMILES string of the molecule is O=[N+]([O-])c1c(N2CCN(c3ccccc3)CC2)ncnc1N1CCN(c2ccccn2)CC1. The molecule has 0 saturated carbocycles. The summed E-state index contributed by atoms with van der Waals surface area (Å²) in [4.78, 5) is 33.4. The lowest BCUT2D eigenvalue weighted by molar-refractivity contribution is -0.383. The summed E-state index contributed by atoms with van der Waals surface area (Å²) in [7, 11) is 0. The molecule has 2 saturated heterocycles. The summed E-state index contributed by atoms with van der Waals surface area (Å²) in [5, 5.41) is 12.1. The first-order valence-corrected chi connectivity index (χ1v) is 11.2. The highest BCUT2D eigenvalue weighted by atomic mass is 16.6. The number of anilines is 4. The maximum atomic E-state index is 12.1. The van der Waals surface area contributed by atoms with Crippen molar-refractivity contribution in [3.8, 4) is 0 Å². The Balaban J connectivity index is 1.32. The van der Waals surface area contributed by atoms with Gasteiger partial charge < -0.3 is 19.6 Å². The molecule has 33 heavy (non-hydrogen) atoms. The zero-order valence-electron chi connectivity index (χ0n) is 18.3. The molecule has 5 rings (SSSR count). The van der Waals surface area contributed by atoms with E-state index in [1.807, 2.05) is 46.2 Å². The number of pyridine rings is 1. The third-order valence-corrected chi connectivity index (χ3v) is 6.22. The number of hydrogen-bond acceptors (Lipinski definition) is 9. The number of nitro groups is 1. The van der Waals surface area contributed by atoms with Gasteiger partial charge in [0.2, 0.25) is 11.6 Å². The van der Waals surface area contributed by atoms with Gasteiger partial charge >= 0.3 is 5.69 Å². The van der Waals surface area contributed by atoms with Gasteiger partial charge in [0, 0.05) is 64.2 Å². The largest absolute Gasteiger partial charge is 0.368 e. The van der Waals surface area contributed by atoms with Crippen LogP contribution in [-0.2, 0) is 0 Å². The standard InChI is InChI=1S/C23H26N8O2/c32-31(33)21-22(29-14-10-27(11-15-29)19-6-2-1-3-7-19)25-18-26-23(21)30-16-12-28(13-17-30)20-8-4-5-9-24-20/h1-9,18H,10-17H2. The van der Waals surface area contributed by atoms with Gasteiger partial charge in [-0.1, -0.05) is 24.3 Å². The van der Waals surface area contributed by atoms with Crippen molar-refractivity contribution in [3.63, 3.8) is 0 Å². The van der Waals surface area contributed by atoms with Gasteiger partial charge in [-0.2, -0.15) is 0 Å². The van der Waals surface area contributed by atoms with Gasteiger partial charge in [-0.15, -0.1) is 0 Å². The van der Waals surface area contributed by atoms with Crippen LogP contribution >= 0.6 is 0 Å². The molecule has 0 spiro atoms. The second kappa shape index (κ2) is 9.27. The quantitative estimate of drug-likeness (QED) is 0.432. The van der Waals surface area contributed by atoms with Gasteiger partial charge in [0.1, 0.15) is 12.1 Å². The van der Waals surface area contributed by atoms with Crippen LogP contribution in [0.15, 0.2) is 61.1 Å². The van der Waals surface area contributed by atoms with E-state index in [0.717, 1.165) is 32.0 Å². The van der Waals surface area contributed by atoms with Crippen LogP contribution in [0.4, 0.5) is 28.8 Å². The van der Waals surface area contributed by atoms with Gasteiger partial charge in [0.05, 0.1) is 4.92 Å². The van der Waals surface area contributed by atoms with Crippen molar-refractivity contribution in [2.75, 3.05) is 72.0 Å². The van der Waals surface area contributed by atoms with Crippen LogP contribution in [0.5, 0.6) is 0 Å². The third-order valence-electron chi connectivity index (χ3n) is 6.22. The van der Waals surface area contributed by atoms with Crippen molar-refractivity contribution in [3.05, 3.63) is 71.2 Å². The minimum absolute atomic E-state index is 0.00283. The highest BCUT2D eigenvalue weighted by molar-refractivity contribution is 5.72. The molecule has 2 fully saturated rings. The topological polar surface area (TPSA) is 94.8 Å². The zero-order chi connectivity index (χ0) is 22.6. The first-order chi connectivity index (χ1) is 16.2. The number of rotatable bonds is 5. The van der Waals surface area contributed by atoms with Crippen LogP contribution in [0, 0.1) is 10.1 Å². The van der Waals surface area contributed by atoms with Crippen LogP contribution in [0.25, 0.3) is 0 Å². The van der Waals surface area contributed by atoms with E-state index in [1.54, 1.807) is 6.20 Å². The normalized spacial score (nSPS) is 16.7. The Morgan fingerprint density at radius 3 is 1.76 bits per heavy atom. The van der Waals surface area contributed by atoms with Crippen LogP contribution in [0.1, 0.15) is 0 Å². The van der Waals surface area contributed by atoms with Crippen molar-refractivity contribution >= 4 is 28.8 Å². The monoisotopic (exact) mass is 446 g/mol. The van der Waals surface area contributed by atoms with Gasteiger partial charge in [-0.25, -0.2) is 15.0 Å². The summed E-state index contributed by atoms with van der Waals surface area (Å²) in [5.74, 6) is 1.73. The number of aromatic nitrogens is 3. The molecule has 0 amide bonds. The fourth-order valence-electron chi connectivity index (χ4n) is 4.49. The summed E-state index contributed by atoms with van der Waals surface area (Å²) in [6, 6.07) is 16.1. The predicted octanol–water partition coefficient (Wildman–Crippen LogP) is 2.43. The number of para-hydroxylation sites is 1. The molecule has 2 aromatic heterocycles.